The molecule has 2 rings (SSSR count). The van der Waals surface area contributed by atoms with Gasteiger partial charge in [0.05, 0.1) is 0 Å². The normalized spacial score (nSPS) is 21.4. The van der Waals surface area contributed by atoms with Crippen molar-refractivity contribution in [2.75, 3.05) is 0 Å². The zero-order valence-corrected chi connectivity index (χ0v) is 6.62. The zero-order chi connectivity index (χ0) is 7.68. The Morgan fingerprint density at radius 3 is 3.18 bits per heavy atom. The van der Waals surface area contributed by atoms with Crippen LogP contribution >= 0.6 is 0 Å². The van der Waals surface area contributed by atoms with E-state index in [0.29, 0.717) is 5.92 Å². The smallest absolute Gasteiger partial charge is 0.0351 e. The molecule has 0 heteroatoms. The molecule has 0 amide bonds. The molecule has 0 fully saturated rings. The first-order valence-electron chi connectivity index (χ1n) is 3.98. The number of allylic oxidation sites excluding steroid dienone is 3. The monoisotopic (exact) mass is 143 g/mol. The van der Waals surface area contributed by atoms with Crippen molar-refractivity contribution in [1.29, 1.82) is 0 Å². The molecule has 0 saturated carbocycles. The van der Waals surface area contributed by atoms with Crippen molar-refractivity contribution in [2.24, 2.45) is 0 Å². The molecule has 1 aliphatic rings. The number of rotatable bonds is 0. The lowest BCUT2D eigenvalue weighted by molar-refractivity contribution is 0.974. The maximum absolute atomic E-state index is 2.22. The third-order valence-corrected chi connectivity index (χ3v) is 2.16. The minimum Gasteiger partial charge on any atom is -0.177 e. The quantitative estimate of drug-likeness (QED) is 0.489. The molecule has 0 spiro atoms. The van der Waals surface area contributed by atoms with Crippen LogP contribution in [0.2, 0.25) is 0 Å². The van der Waals surface area contributed by atoms with Crippen molar-refractivity contribution in [3.8, 4) is 0 Å². The van der Waals surface area contributed by atoms with E-state index in [4.69, 9.17) is 0 Å². The summed E-state index contributed by atoms with van der Waals surface area (Å²) in [5, 5.41) is 0. The van der Waals surface area contributed by atoms with Crippen LogP contribution in [-0.2, 0) is 0 Å². The SMILES string of the molecule is CC1C=CC=Cc2ccc[c-]21. The van der Waals surface area contributed by atoms with Gasteiger partial charge in [0.1, 0.15) is 0 Å². The van der Waals surface area contributed by atoms with E-state index >= 15 is 0 Å². The Morgan fingerprint density at radius 2 is 2.27 bits per heavy atom. The molecule has 1 aromatic rings. The number of hydrogen-bond donors (Lipinski definition) is 0. The molecular formula is C11H11-. The van der Waals surface area contributed by atoms with Gasteiger partial charge in [-0.1, -0.05) is 19.1 Å². The highest BCUT2D eigenvalue weighted by atomic mass is 14.1. The first kappa shape index (κ1) is 6.53. The molecule has 0 aliphatic heterocycles. The summed E-state index contributed by atoms with van der Waals surface area (Å²) in [6, 6.07) is 6.47. The lowest BCUT2D eigenvalue weighted by atomic mass is 10.0. The van der Waals surface area contributed by atoms with E-state index < -0.39 is 0 Å². The maximum Gasteiger partial charge on any atom is -0.0351 e. The molecule has 0 aromatic heterocycles. The van der Waals surface area contributed by atoms with Crippen LogP contribution in [0.3, 0.4) is 0 Å². The third kappa shape index (κ3) is 1.05. The summed E-state index contributed by atoms with van der Waals surface area (Å²) in [7, 11) is 0. The van der Waals surface area contributed by atoms with Crippen LogP contribution in [0.15, 0.2) is 36.4 Å². The molecule has 0 saturated heterocycles. The van der Waals surface area contributed by atoms with Gasteiger partial charge in [0.2, 0.25) is 0 Å². The molecule has 1 aromatic carbocycles. The topological polar surface area (TPSA) is 0 Å². The Kier molecular flexibility index (Phi) is 1.46. The van der Waals surface area contributed by atoms with E-state index in [2.05, 4.69) is 49.4 Å². The van der Waals surface area contributed by atoms with Crippen molar-refractivity contribution in [3.05, 3.63) is 47.6 Å². The van der Waals surface area contributed by atoms with E-state index in [1.807, 2.05) is 0 Å². The van der Waals surface area contributed by atoms with E-state index in [9.17, 15) is 0 Å². The van der Waals surface area contributed by atoms with Crippen molar-refractivity contribution in [2.45, 2.75) is 12.8 Å². The Hall–Kier alpha value is -1.17. The third-order valence-electron chi connectivity index (χ3n) is 2.16. The second kappa shape index (κ2) is 2.46. The van der Waals surface area contributed by atoms with Gasteiger partial charge in [-0.05, 0) is 5.92 Å². The zero-order valence-electron chi connectivity index (χ0n) is 6.62. The predicted octanol–water partition coefficient (Wildman–Crippen LogP) is 3.09. The Balaban J connectivity index is 2.53. The molecule has 1 unspecified atom stereocenters. The summed E-state index contributed by atoms with van der Waals surface area (Å²) in [6.07, 6.45) is 8.60. The summed E-state index contributed by atoms with van der Waals surface area (Å²) in [5.74, 6) is 0.565. The van der Waals surface area contributed by atoms with Crippen LogP contribution in [0.4, 0.5) is 0 Å². The van der Waals surface area contributed by atoms with Gasteiger partial charge in [-0.3, -0.25) is 0 Å². The van der Waals surface area contributed by atoms with Gasteiger partial charge < -0.3 is 0 Å². The van der Waals surface area contributed by atoms with Gasteiger partial charge in [-0.15, -0.1) is 23.8 Å². The maximum atomic E-state index is 2.22. The fourth-order valence-corrected chi connectivity index (χ4v) is 1.51. The molecule has 0 radical (unpaired) electrons. The van der Waals surface area contributed by atoms with Gasteiger partial charge in [-0.2, -0.15) is 17.7 Å². The van der Waals surface area contributed by atoms with Gasteiger partial charge in [0.25, 0.3) is 0 Å². The Labute approximate surface area is 67.2 Å². The molecular weight excluding hydrogens is 132 g/mol. The van der Waals surface area contributed by atoms with E-state index in [1.165, 1.54) is 11.1 Å². The highest BCUT2D eigenvalue weighted by Gasteiger charge is 2.00. The molecule has 11 heavy (non-hydrogen) atoms. The molecule has 0 bridgehead atoms. The second-order valence-electron chi connectivity index (χ2n) is 2.97. The van der Waals surface area contributed by atoms with Gasteiger partial charge in [0.15, 0.2) is 0 Å². The van der Waals surface area contributed by atoms with Crippen molar-refractivity contribution < 1.29 is 0 Å². The minimum atomic E-state index is 0.565. The summed E-state index contributed by atoms with van der Waals surface area (Å²) in [6.45, 7) is 2.22. The second-order valence-corrected chi connectivity index (χ2v) is 2.97. The van der Waals surface area contributed by atoms with E-state index in [-0.39, 0.29) is 0 Å². The van der Waals surface area contributed by atoms with Crippen molar-refractivity contribution in [1.82, 2.24) is 0 Å². The first-order chi connectivity index (χ1) is 5.38. The van der Waals surface area contributed by atoms with E-state index in [0.717, 1.165) is 0 Å². The standard InChI is InChI=1S/C11H11/c1-9-5-2-3-6-10-7-4-8-11(9)10/h2-9H,1H3/q-1. The molecule has 56 valence electrons. The Bertz CT molecular complexity index is 300. The van der Waals surface area contributed by atoms with Crippen LogP contribution in [0.1, 0.15) is 24.0 Å². The van der Waals surface area contributed by atoms with Gasteiger partial charge in [0, 0.05) is 0 Å². The van der Waals surface area contributed by atoms with Crippen LogP contribution < -0.4 is 0 Å². The number of hydrogen-bond acceptors (Lipinski definition) is 0. The lowest BCUT2D eigenvalue weighted by Crippen LogP contribution is -1.86. The fourth-order valence-electron chi connectivity index (χ4n) is 1.51. The summed E-state index contributed by atoms with van der Waals surface area (Å²) < 4.78 is 0. The van der Waals surface area contributed by atoms with Crippen LogP contribution in [-0.4, -0.2) is 0 Å². The van der Waals surface area contributed by atoms with Gasteiger partial charge in [-0.25, -0.2) is 0 Å². The minimum absolute atomic E-state index is 0.565. The average Bonchev–Trinajstić information content (AvgIpc) is 2.40. The Morgan fingerprint density at radius 1 is 1.36 bits per heavy atom. The molecule has 1 atom stereocenters. The molecule has 0 nitrogen and oxygen atoms in total. The molecule has 0 N–H and O–H groups in total. The molecule has 1 aliphatic carbocycles. The lowest BCUT2D eigenvalue weighted by Gasteiger charge is -2.09. The number of fused-ring (bicyclic) bond motifs is 1. The average molecular weight is 143 g/mol. The first-order valence-corrected chi connectivity index (χ1v) is 3.98. The van der Waals surface area contributed by atoms with E-state index in [1.54, 1.807) is 0 Å². The fraction of sp³-hybridized carbons (Fsp3) is 0.182. The summed E-state index contributed by atoms with van der Waals surface area (Å²) in [5.41, 5.74) is 2.80. The summed E-state index contributed by atoms with van der Waals surface area (Å²) >= 11 is 0. The van der Waals surface area contributed by atoms with Crippen LogP contribution in [0.25, 0.3) is 6.08 Å². The van der Waals surface area contributed by atoms with Gasteiger partial charge >= 0.3 is 0 Å². The summed E-state index contributed by atoms with van der Waals surface area (Å²) in [4.78, 5) is 0. The van der Waals surface area contributed by atoms with Crippen LogP contribution in [0.5, 0.6) is 0 Å². The largest absolute Gasteiger partial charge is 0.177 e. The highest BCUT2D eigenvalue weighted by molar-refractivity contribution is 5.59. The van der Waals surface area contributed by atoms with Crippen molar-refractivity contribution in [3.63, 3.8) is 0 Å². The predicted molar refractivity (Wildman–Crippen MR) is 48.6 cm³/mol. The highest BCUT2D eigenvalue weighted by Crippen LogP contribution is 2.25. The van der Waals surface area contributed by atoms with Crippen molar-refractivity contribution >= 4 is 6.08 Å². The van der Waals surface area contributed by atoms with Crippen LogP contribution in [0, 0.1) is 0 Å². The molecule has 0 heterocycles.